The molecule has 0 spiro atoms. The van der Waals surface area contributed by atoms with Crippen LogP contribution in [-0.4, -0.2) is 49.5 Å². The van der Waals surface area contributed by atoms with Crippen molar-refractivity contribution in [3.63, 3.8) is 0 Å². The van der Waals surface area contributed by atoms with Crippen LogP contribution in [0.15, 0.2) is 48.7 Å². The number of aliphatic hydroxyl groups is 1. The zero-order valence-electron chi connectivity index (χ0n) is 14.6. The fourth-order valence-electron chi connectivity index (χ4n) is 2.09. The van der Waals surface area contributed by atoms with Gasteiger partial charge in [0.15, 0.2) is 0 Å². The van der Waals surface area contributed by atoms with Crippen molar-refractivity contribution in [3.05, 3.63) is 54.2 Å². The first-order valence-corrected chi connectivity index (χ1v) is 8.23. The van der Waals surface area contributed by atoms with Gasteiger partial charge in [0.25, 0.3) is 0 Å². The molecule has 26 heavy (non-hydrogen) atoms. The fraction of sp³-hybridized carbons (Fsp3) is 0.263. The summed E-state index contributed by atoms with van der Waals surface area (Å²) in [6.45, 7) is 1.40. The molecule has 0 aliphatic heterocycles. The van der Waals surface area contributed by atoms with Crippen molar-refractivity contribution in [1.29, 1.82) is 0 Å². The summed E-state index contributed by atoms with van der Waals surface area (Å²) in [6.07, 6.45) is 4.75. The molecule has 0 radical (unpaired) electrons. The Morgan fingerprint density at radius 3 is 2.88 bits per heavy atom. The number of nitrogens with zero attached hydrogens (tertiary/aromatic N) is 1. The molecule has 0 saturated heterocycles. The molecule has 0 fully saturated rings. The van der Waals surface area contributed by atoms with E-state index in [4.69, 9.17) is 14.6 Å². The number of benzene rings is 1. The van der Waals surface area contributed by atoms with Gasteiger partial charge < -0.3 is 25.2 Å². The van der Waals surface area contributed by atoms with Gasteiger partial charge in [0.2, 0.25) is 5.91 Å². The maximum atomic E-state index is 12.0. The first kappa shape index (κ1) is 19.4. The largest absolute Gasteiger partial charge is 0.497 e. The van der Waals surface area contributed by atoms with Crippen LogP contribution in [0.3, 0.4) is 0 Å². The molecule has 7 heteroatoms. The molecule has 0 aliphatic carbocycles. The lowest BCUT2D eigenvalue weighted by Gasteiger charge is -2.07. The zero-order valence-corrected chi connectivity index (χ0v) is 14.6. The number of rotatable bonds is 10. The number of pyridine rings is 1. The Morgan fingerprint density at radius 2 is 2.15 bits per heavy atom. The average molecular weight is 357 g/mol. The van der Waals surface area contributed by atoms with Gasteiger partial charge in [-0.2, -0.15) is 0 Å². The van der Waals surface area contributed by atoms with E-state index in [1.54, 1.807) is 31.5 Å². The van der Waals surface area contributed by atoms with Crippen LogP contribution in [0.4, 0.5) is 11.5 Å². The number of anilines is 2. The number of amides is 1. The van der Waals surface area contributed by atoms with Gasteiger partial charge in [0.05, 0.1) is 38.8 Å². The fourth-order valence-corrected chi connectivity index (χ4v) is 2.09. The topological polar surface area (TPSA) is 92.7 Å². The van der Waals surface area contributed by atoms with E-state index >= 15 is 0 Å². The molecule has 0 unspecified atom stereocenters. The lowest BCUT2D eigenvalue weighted by atomic mass is 10.2. The van der Waals surface area contributed by atoms with Crippen molar-refractivity contribution in [2.45, 2.75) is 0 Å². The number of hydrogen-bond donors (Lipinski definition) is 3. The summed E-state index contributed by atoms with van der Waals surface area (Å²) >= 11 is 0. The number of aromatic nitrogens is 1. The van der Waals surface area contributed by atoms with Crippen molar-refractivity contribution in [2.24, 2.45) is 0 Å². The molecule has 1 aromatic heterocycles. The molecule has 0 atom stereocenters. The van der Waals surface area contributed by atoms with Gasteiger partial charge in [-0.1, -0.05) is 12.1 Å². The number of methoxy groups -OCH3 is 1. The molecule has 0 bridgehead atoms. The van der Waals surface area contributed by atoms with E-state index in [9.17, 15) is 4.79 Å². The molecule has 1 amide bonds. The van der Waals surface area contributed by atoms with Gasteiger partial charge in [-0.05, 0) is 35.9 Å². The van der Waals surface area contributed by atoms with Crippen LogP contribution in [0.5, 0.6) is 5.75 Å². The molecule has 2 aromatic rings. The molecule has 0 aliphatic rings. The highest BCUT2D eigenvalue weighted by Crippen LogP contribution is 2.14. The van der Waals surface area contributed by atoms with Crippen LogP contribution < -0.4 is 15.4 Å². The Bertz CT molecular complexity index is 717. The van der Waals surface area contributed by atoms with Crippen molar-refractivity contribution < 1.29 is 19.4 Å². The van der Waals surface area contributed by atoms with Crippen molar-refractivity contribution in [1.82, 2.24) is 4.98 Å². The van der Waals surface area contributed by atoms with E-state index in [0.717, 1.165) is 11.3 Å². The predicted molar refractivity (Wildman–Crippen MR) is 101 cm³/mol. The Balaban J connectivity index is 1.80. The van der Waals surface area contributed by atoms with Crippen LogP contribution in [0, 0.1) is 0 Å². The van der Waals surface area contributed by atoms with Crippen molar-refractivity contribution in [2.75, 3.05) is 44.1 Å². The first-order chi connectivity index (χ1) is 12.7. The van der Waals surface area contributed by atoms with E-state index in [1.807, 2.05) is 24.3 Å². The van der Waals surface area contributed by atoms with E-state index in [2.05, 4.69) is 15.6 Å². The highest BCUT2D eigenvalue weighted by atomic mass is 16.5. The minimum atomic E-state index is -0.243. The molecule has 0 saturated carbocycles. The maximum absolute atomic E-state index is 12.0. The van der Waals surface area contributed by atoms with E-state index in [-0.39, 0.29) is 12.5 Å². The first-order valence-electron chi connectivity index (χ1n) is 8.23. The Hall–Kier alpha value is -2.90. The van der Waals surface area contributed by atoms with E-state index in [0.29, 0.717) is 31.3 Å². The van der Waals surface area contributed by atoms with Crippen LogP contribution >= 0.6 is 0 Å². The Kier molecular flexibility index (Phi) is 8.11. The monoisotopic (exact) mass is 357 g/mol. The maximum Gasteiger partial charge on any atom is 0.248 e. The standard InChI is InChI=1S/C19H23N3O4/c1-25-17-4-2-3-15(13-17)5-8-19(24)22-16-6-7-18(21-14-16)20-9-11-26-12-10-23/h2-8,13-14,23H,9-12H2,1H3,(H,20,21)(H,22,24)/b8-5+. The highest BCUT2D eigenvalue weighted by molar-refractivity contribution is 6.01. The van der Waals surface area contributed by atoms with Crippen LogP contribution in [0.1, 0.15) is 5.56 Å². The zero-order chi connectivity index (χ0) is 18.6. The summed E-state index contributed by atoms with van der Waals surface area (Å²) in [5.74, 6) is 1.18. The minimum absolute atomic E-state index is 0.0128. The highest BCUT2D eigenvalue weighted by Gasteiger charge is 2.00. The minimum Gasteiger partial charge on any atom is -0.497 e. The molecular formula is C19H23N3O4. The molecule has 7 nitrogen and oxygen atoms in total. The van der Waals surface area contributed by atoms with E-state index < -0.39 is 0 Å². The lowest BCUT2D eigenvalue weighted by molar-refractivity contribution is -0.111. The third kappa shape index (κ3) is 6.92. The molecular weight excluding hydrogens is 334 g/mol. The second-order valence-corrected chi connectivity index (χ2v) is 5.29. The quantitative estimate of drug-likeness (QED) is 0.446. The molecule has 138 valence electrons. The SMILES string of the molecule is COc1cccc(/C=C/C(=O)Nc2ccc(NCCOCCO)nc2)c1. The second-order valence-electron chi connectivity index (χ2n) is 5.29. The van der Waals surface area contributed by atoms with Gasteiger partial charge in [-0.3, -0.25) is 4.79 Å². The number of carbonyl (C=O) groups is 1. The summed E-state index contributed by atoms with van der Waals surface area (Å²) in [5, 5.41) is 14.4. The molecule has 1 heterocycles. The van der Waals surface area contributed by atoms with Gasteiger partial charge >= 0.3 is 0 Å². The van der Waals surface area contributed by atoms with Gasteiger partial charge in [0.1, 0.15) is 11.6 Å². The number of hydrogen-bond acceptors (Lipinski definition) is 6. The van der Waals surface area contributed by atoms with Gasteiger partial charge in [-0.25, -0.2) is 4.98 Å². The third-order valence-corrected chi connectivity index (χ3v) is 3.34. The number of nitrogens with one attached hydrogen (secondary N) is 2. The van der Waals surface area contributed by atoms with Crippen molar-refractivity contribution >= 4 is 23.5 Å². The summed E-state index contributed by atoms with van der Waals surface area (Å²) < 4.78 is 10.3. The molecule has 3 N–H and O–H groups in total. The van der Waals surface area contributed by atoms with Crippen LogP contribution in [-0.2, 0) is 9.53 Å². The van der Waals surface area contributed by atoms with Crippen LogP contribution in [0.2, 0.25) is 0 Å². The number of carbonyl (C=O) groups excluding carboxylic acids is 1. The van der Waals surface area contributed by atoms with E-state index in [1.165, 1.54) is 6.08 Å². The summed E-state index contributed by atoms with van der Waals surface area (Å²) in [5.41, 5.74) is 1.48. The summed E-state index contributed by atoms with van der Waals surface area (Å²) in [7, 11) is 1.60. The van der Waals surface area contributed by atoms with Gasteiger partial charge in [-0.15, -0.1) is 0 Å². The smallest absolute Gasteiger partial charge is 0.248 e. The number of ether oxygens (including phenoxy) is 2. The predicted octanol–water partition coefficient (Wildman–Crippen LogP) is 2.16. The Morgan fingerprint density at radius 1 is 1.27 bits per heavy atom. The lowest BCUT2D eigenvalue weighted by Crippen LogP contribution is -2.12. The second kappa shape index (κ2) is 10.9. The Labute approximate surface area is 152 Å². The summed E-state index contributed by atoms with van der Waals surface area (Å²) in [4.78, 5) is 16.2. The molecule has 1 aromatic carbocycles. The normalized spacial score (nSPS) is 10.7. The third-order valence-electron chi connectivity index (χ3n) is 3.34. The van der Waals surface area contributed by atoms with Crippen LogP contribution in [0.25, 0.3) is 6.08 Å². The van der Waals surface area contributed by atoms with Gasteiger partial charge in [0, 0.05) is 12.6 Å². The average Bonchev–Trinajstić information content (AvgIpc) is 2.68. The van der Waals surface area contributed by atoms with Crippen molar-refractivity contribution in [3.8, 4) is 5.75 Å². The number of aliphatic hydroxyl groups excluding tert-OH is 1. The molecule has 2 rings (SSSR count). The summed E-state index contributed by atoms with van der Waals surface area (Å²) in [6, 6.07) is 11.0.